The summed E-state index contributed by atoms with van der Waals surface area (Å²) < 4.78 is 5.57. The highest BCUT2D eigenvalue weighted by molar-refractivity contribution is 6.07. The van der Waals surface area contributed by atoms with Crippen LogP contribution in [0.1, 0.15) is 23.2 Å². The van der Waals surface area contributed by atoms with Crippen molar-refractivity contribution in [3.63, 3.8) is 0 Å². The molecule has 0 aliphatic carbocycles. The van der Waals surface area contributed by atoms with Gasteiger partial charge in [-0.1, -0.05) is 36.4 Å². The molecule has 2 aliphatic heterocycles. The predicted molar refractivity (Wildman–Crippen MR) is 77.7 cm³/mol. The Morgan fingerprint density at radius 2 is 1.70 bits per heavy atom. The number of morpholine rings is 1. The summed E-state index contributed by atoms with van der Waals surface area (Å²) in [5.74, 6) is 0.164. The molecule has 2 fully saturated rings. The van der Waals surface area contributed by atoms with Crippen molar-refractivity contribution in [2.45, 2.75) is 24.9 Å². The lowest BCUT2D eigenvalue weighted by Gasteiger charge is -2.35. The first kappa shape index (κ1) is 11.9. The predicted octanol–water partition coefficient (Wildman–Crippen LogP) is 2.84. The zero-order chi connectivity index (χ0) is 13.5. The van der Waals surface area contributed by atoms with Gasteiger partial charge in [0, 0.05) is 5.56 Å². The maximum absolute atomic E-state index is 12.9. The van der Waals surface area contributed by atoms with Crippen molar-refractivity contribution in [3.05, 3.63) is 48.0 Å². The molecule has 3 heteroatoms. The number of nitrogens with zero attached hydrogens (tertiary/aromatic N) is 1. The zero-order valence-electron chi connectivity index (χ0n) is 11.3. The van der Waals surface area contributed by atoms with E-state index in [1.54, 1.807) is 0 Å². The van der Waals surface area contributed by atoms with Gasteiger partial charge in [-0.05, 0) is 29.7 Å². The van der Waals surface area contributed by atoms with Gasteiger partial charge in [0.2, 0.25) is 0 Å². The molecule has 20 heavy (non-hydrogen) atoms. The molecule has 2 saturated heterocycles. The van der Waals surface area contributed by atoms with E-state index in [-0.39, 0.29) is 18.0 Å². The molecule has 1 amide bonds. The van der Waals surface area contributed by atoms with Crippen molar-refractivity contribution in [2.24, 2.45) is 0 Å². The Kier molecular flexibility index (Phi) is 2.74. The minimum Gasteiger partial charge on any atom is -0.377 e. The van der Waals surface area contributed by atoms with Gasteiger partial charge in [0.25, 0.3) is 5.91 Å². The Labute approximate surface area is 118 Å². The molecule has 0 unspecified atom stereocenters. The van der Waals surface area contributed by atoms with Crippen LogP contribution in [0.5, 0.6) is 0 Å². The van der Waals surface area contributed by atoms with Crippen LogP contribution in [0.2, 0.25) is 0 Å². The summed E-state index contributed by atoms with van der Waals surface area (Å²) in [6.07, 6.45) is 2.14. The van der Waals surface area contributed by atoms with Gasteiger partial charge >= 0.3 is 0 Å². The van der Waals surface area contributed by atoms with E-state index in [1.807, 2.05) is 30.3 Å². The molecule has 0 aromatic heterocycles. The van der Waals surface area contributed by atoms with Crippen LogP contribution in [0.15, 0.2) is 42.5 Å². The third-order valence-electron chi connectivity index (χ3n) is 4.49. The Morgan fingerprint density at radius 1 is 1.00 bits per heavy atom. The highest BCUT2D eigenvalue weighted by Gasteiger charge is 2.40. The van der Waals surface area contributed by atoms with Crippen LogP contribution in [-0.4, -0.2) is 36.1 Å². The van der Waals surface area contributed by atoms with Gasteiger partial charge in [0.05, 0.1) is 25.3 Å². The fourth-order valence-corrected chi connectivity index (χ4v) is 3.51. The molecule has 0 spiro atoms. The molecule has 0 saturated carbocycles. The number of hydrogen-bond acceptors (Lipinski definition) is 2. The number of carbonyl (C=O) groups excluding carboxylic acids is 1. The molecule has 0 N–H and O–H groups in total. The molecular weight excluding hydrogens is 250 g/mol. The average molecular weight is 267 g/mol. The minimum absolute atomic E-state index is 0.164. The third-order valence-corrected chi connectivity index (χ3v) is 4.49. The summed E-state index contributed by atoms with van der Waals surface area (Å²) in [4.78, 5) is 15.0. The summed E-state index contributed by atoms with van der Waals surface area (Å²) in [7, 11) is 0. The molecule has 0 radical (unpaired) electrons. The third kappa shape index (κ3) is 1.74. The van der Waals surface area contributed by atoms with E-state index in [9.17, 15) is 4.79 Å². The molecule has 2 aromatic rings. The van der Waals surface area contributed by atoms with Crippen LogP contribution < -0.4 is 0 Å². The highest BCUT2D eigenvalue weighted by atomic mass is 16.5. The molecule has 4 rings (SSSR count). The lowest BCUT2D eigenvalue weighted by Crippen LogP contribution is -2.49. The van der Waals surface area contributed by atoms with Gasteiger partial charge in [0.15, 0.2) is 0 Å². The van der Waals surface area contributed by atoms with Crippen LogP contribution in [0.4, 0.5) is 0 Å². The number of rotatable bonds is 1. The molecular formula is C17H17NO2. The van der Waals surface area contributed by atoms with Crippen LogP contribution in [0.25, 0.3) is 10.8 Å². The summed E-state index contributed by atoms with van der Waals surface area (Å²) in [5, 5.41) is 2.17. The number of hydrogen-bond donors (Lipinski definition) is 0. The second-order valence-electron chi connectivity index (χ2n) is 5.66. The lowest BCUT2D eigenvalue weighted by atomic mass is 10.0. The largest absolute Gasteiger partial charge is 0.377 e. The zero-order valence-corrected chi connectivity index (χ0v) is 11.3. The molecule has 102 valence electrons. The van der Waals surface area contributed by atoms with Gasteiger partial charge in [-0.15, -0.1) is 0 Å². The van der Waals surface area contributed by atoms with Crippen molar-refractivity contribution in [2.75, 3.05) is 13.2 Å². The van der Waals surface area contributed by atoms with E-state index in [2.05, 4.69) is 17.0 Å². The van der Waals surface area contributed by atoms with Gasteiger partial charge in [-0.3, -0.25) is 4.79 Å². The van der Waals surface area contributed by atoms with E-state index >= 15 is 0 Å². The monoisotopic (exact) mass is 267 g/mol. The summed E-state index contributed by atoms with van der Waals surface area (Å²) in [6, 6.07) is 14.6. The second kappa shape index (κ2) is 4.60. The highest BCUT2D eigenvalue weighted by Crippen LogP contribution is 2.31. The van der Waals surface area contributed by atoms with E-state index < -0.39 is 0 Å². The topological polar surface area (TPSA) is 29.5 Å². The van der Waals surface area contributed by atoms with Crippen molar-refractivity contribution in [3.8, 4) is 0 Å². The van der Waals surface area contributed by atoms with Crippen molar-refractivity contribution in [1.82, 2.24) is 4.90 Å². The second-order valence-corrected chi connectivity index (χ2v) is 5.66. The van der Waals surface area contributed by atoms with Crippen molar-refractivity contribution < 1.29 is 9.53 Å². The first-order chi connectivity index (χ1) is 9.84. The summed E-state index contributed by atoms with van der Waals surface area (Å²) in [6.45, 7) is 1.38. The number of benzene rings is 2. The Balaban J connectivity index is 1.78. The summed E-state index contributed by atoms with van der Waals surface area (Å²) in [5.41, 5.74) is 0.821. The molecule has 2 atom stereocenters. The Hall–Kier alpha value is -1.87. The minimum atomic E-state index is 0.164. The van der Waals surface area contributed by atoms with Gasteiger partial charge in [-0.25, -0.2) is 0 Å². The van der Waals surface area contributed by atoms with Crippen LogP contribution in [0, 0.1) is 0 Å². The van der Waals surface area contributed by atoms with Crippen LogP contribution in [-0.2, 0) is 4.74 Å². The fourth-order valence-electron chi connectivity index (χ4n) is 3.51. The fraction of sp³-hybridized carbons (Fsp3) is 0.353. The number of fused-ring (bicyclic) bond motifs is 3. The summed E-state index contributed by atoms with van der Waals surface area (Å²) >= 11 is 0. The average Bonchev–Trinajstić information content (AvgIpc) is 2.75. The standard InChI is InChI=1S/C17H17NO2/c19-17(18-13-8-9-14(18)11-20-10-13)16-7-3-5-12-4-1-2-6-15(12)16/h1-7,13-14H,8-11H2/t13-,14+. The quantitative estimate of drug-likeness (QED) is 0.795. The molecule has 2 heterocycles. The maximum Gasteiger partial charge on any atom is 0.255 e. The first-order valence-corrected chi connectivity index (χ1v) is 7.23. The molecule has 2 aromatic carbocycles. The van der Waals surface area contributed by atoms with Crippen molar-refractivity contribution >= 4 is 16.7 Å². The number of carbonyl (C=O) groups is 1. The first-order valence-electron chi connectivity index (χ1n) is 7.23. The maximum atomic E-state index is 12.9. The number of amides is 1. The SMILES string of the molecule is O=C(c1cccc2ccccc12)N1[C@@H]2CC[C@H]1COC2. The van der Waals surface area contributed by atoms with Crippen LogP contribution in [0.3, 0.4) is 0 Å². The Bertz CT molecular complexity index is 646. The lowest BCUT2D eigenvalue weighted by molar-refractivity contribution is -0.00705. The molecule has 2 aliphatic rings. The molecule has 2 bridgehead atoms. The molecule has 3 nitrogen and oxygen atoms in total. The smallest absolute Gasteiger partial charge is 0.255 e. The van der Waals surface area contributed by atoms with E-state index in [0.29, 0.717) is 13.2 Å². The normalized spacial score (nSPS) is 25.1. The van der Waals surface area contributed by atoms with Crippen LogP contribution >= 0.6 is 0 Å². The van der Waals surface area contributed by atoms with Gasteiger partial charge in [-0.2, -0.15) is 0 Å². The van der Waals surface area contributed by atoms with Gasteiger partial charge in [0.1, 0.15) is 0 Å². The van der Waals surface area contributed by atoms with E-state index in [4.69, 9.17) is 4.74 Å². The van der Waals surface area contributed by atoms with E-state index in [0.717, 1.165) is 29.2 Å². The van der Waals surface area contributed by atoms with E-state index in [1.165, 1.54) is 0 Å². The Morgan fingerprint density at radius 3 is 2.50 bits per heavy atom. The van der Waals surface area contributed by atoms with Gasteiger partial charge < -0.3 is 9.64 Å². The number of ether oxygens (including phenoxy) is 1. The van der Waals surface area contributed by atoms with Crippen molar-refractivity contribution in [1.29, 1.82) is 0 Å².